The van der Waals surface area contributed by atoms with Crippen LogP contribution in [0, 0.1) is 6.92 Å². The number of benzene rings is 2. The summed E-state index contributed by atoms with van der Waals surface area (Å²) < 4.78 is 0. The summed E-state index contributed by atoms with van der Waals surface area (Å²) in [6, 6.07) is 15.7. The van der Waals surface area contributed by atoms with Crippen molar-refractivity contribution in [2.45, 2.75) is 19.6 Å². The average molecular weight is 228 g/mol. The van der Waals surface area contributed by atoms with E-state index < -0.39 is 6.29 Å². The predicted molar refractivity (Wildman–Crippen MR) is 67.6 cm³/mol. The Morgan fingerprint density at radius 2 is 1.65 bits per heavy atom. The van der Waals surface area contributed by atoms with Crippen LogP contribution in [0.3, 0.4) is 0 Å². The second-order valence-electron chi connectivity index (χ2n) is 4.28. The number of aliphatic hydroxyl groups excluding tert-OH is 1. The first-order valence-electron chi connectivity index (χ1n) is 5.65. The van der Waals surface area contributed by atoms with Gasteiger partial charge in [-0.3, -0.25) is 0 Å². The minimum atomic E-state index is -1.40. The second kappa shape index (κ2) is 5.13. The molecule has 0 radical (unpaired) electrons. The number of aliphatic hydroxyl groups is 2. The number of hydrogen-bond acceptors (Lipinski definition) is 2. The van der Waals surface area contributed by atoms with Gasteiger partial charge in [-0.15, -0.1) is 0 Å². The van der Waals surface area contributed by atoms with Crippen LogP contribution in [0.4, 0.5) is 0 Å². The van der Waals surface area contributed by atoms with Crippen LogP contribution < -0.4 is 0 Å². The van der Waals surface area contributed by atoms with E-state index in [2.05, 4.69) is 31.2 Å². The normalized spacial score (nSPS) is 10.8. The lowest BCUT2D eigenvalue weighted by atomic mass is 10.0. The van der Waals surface area contributed by atoms with E-state index in [0.717, 1.165) is 12.0 Å². The summed E-state index contributed by atoms with van der Waals surface area (Å²) in [5.41, 5.74) is 4.09. The molecule has 17 heavy (non-hydrogen) atoms. The van der Waals surface area contributed by atoms with Gasteiger partial charge in [-0.25, -0.2) is 0 Å². The van der Waals surface area contributed by atoms with Crippen molar-refractivity contribution < 1.29 is 10.2 Å². The highest BCUT2D eigenvalue weighted by atomic mass is 16.5. The molecule has 0 fully saturated rings. The zero-order valence-corrected chi connectivity index (χ0v) is 9.80. The molecule has 0 aliphatic heterocycles. The molecular weight excluding hydrogens is 212 g/mol. The predicted octanol–water partition coefficient (Wildman–Crippen LogP) is 2.57. The van der Waals surface area contributed by atoms with E-state index in [-0.39, 0.29) is 0 Å². The zero-order chi connectivity index (χ0) is 12.3. The fourth-order valence-corrected chi connectivity index (χ4v) is 1.81. The van der Waals surface area contributed by atoms with Crippen LogP contribution in [0.5, 0.6) is 0 Å². The maximum atomic E-state index is 9.11. The topological polar surface area (TPSA) is 40.5 Å². The van der Waals surface area contributed by atoms with Gasteiger partial charge in [0.25, 0.3) is 0 Å². The zero-order valence-electron chi connectivity index (χ0n) is 9.80. The molecule has 0 amide bonds. The van der Waals surface area contributed by atoms with Crippen molar-refractivity contribution in [3.63, 3.8) is 0 Å². The minimum Gasteiger partial charge on any atom is -0.364 e. The van der Waals surface area contributed by atoms with Crippen LogP contribution in [-0.4, -0.2) is 10.2 Å². The second-order valence-corrected chi connectivity index (χ2v) is 4.28. The maximum Gasteiger partial charge on any atom is 0.178 e. The summed E-state index contributed by atoms with van der Waals surface area (Å²) in [6.07, 6.45) is -0.589. The highest BCUT2D eigenvalue weighted by Crippen LogP contribution is 2.15. The Bertz CT molecular complexity index is 487. The van der Waals surface area contributed by atoms with Crippen LogP contribution in [-0.2, 0) is 6.42 Å². The van der Waals surface area contributed by atoms with Gasteiger partial charge in [0.15, 0.2) is 6.29 Å². The molecular formula is C15H16O2. The smallest absolute Gasteiger partial charge is 0.178 e. The van der Waals surface area contributed by atoms with Gasteiger partial charge in [0, 0.05) is 5.56 Å². The monoisotopic (exact) mass is 228 g/mol. The Kier molecular flexibility index (Phi) is 3.57. The van der Waals surface area contributed by atoms with Crippen LogP contribution in [0.25, 0.3) is 0 Å². The molecule has 0 saturated carbocycles. The SMILES string of the molecule is Cc1ccc(Cc2cccc(C(O)O)c2)cc1. The molecule has 88 valence electrons. The van der Waals surface area contributed by atoms with Gasteiger partial charge in [0.2, 0.25) is 0 Å². The van der Waals surface area contributed by atoms with E-state index in [9.17, 15) is 0 Å². The van der Waals surface area contributed by atoms with E-state index in [0.29, 0.717) is 5.56 Å². The first kappa shape index (κ1) is 11.8. The third-order valence-corrected chi connectivity index (χ3v) is 2.78. The molecule has 2 nitrogen and oxygen atoms in total. The van der Waals surface area contributed by atoms with Gasteiger partial charge in [-0.1, -0.05) is 54.1 Å². The molecule has 2 rings (SSSR count). The third kappa shape index (κ3) is 3.16. The van der Waals surface area contributed by atoms with E-state index in [1.54, 1.807) is 6.07 Å². The Labute approximate surface area is 101 Å². The molecule has 2 aromatic rings. The molecule has 0 aliphatic carbocycles. The lowest BCUT2D eigenvalue weighted by Gasteiger charge is -2.07. The number of hydrogen-bond donors (Lipinski definition) is 2. The molecule has 2 aromatic carbocycles. The van der Waals surface area contributed by atoms with Crippen LogP contribution in [0.15, 0.2) is 48.5 Å². The van der Waals surface area contributed by atoms with Crippen molar-refractivity contribution in [3.05, 3.63) is 70.8 Å². The highest BCUT2D eigenvalue weighted by molar-refractivity contribution is 5.31. The first-order valence-corrected chi connectivity index (χ1v) is 5.65. The number of aryl methyl sites for hydroxylation is 1. The lowest BCUT2D eigenvalue weighted by molar-refractivity contribution is -0.0425. The molecule has 0 atom stereocenters. The van der Waals surface area contributed by atoms with Crippen molar-refractivity contribution in [2.24, 2.45) is 0 Å². The first-order chi connectivity index (χ1) is 8.15. The molecule has 2 N–H and O–H groups in total. The van der Waals surface area contributed by atoms with E-state index in [1.165, 1.54) is 11.1 Å². The van der Waals surface area contributed by atoms with Crippen molar-refractivity contribution >= 4 is 0 Å². The molecule has 0 aliphatic rings. The van der Waals surface area contributed by atoms with Crippen molar-refractivity contribution in [1.29, 1.82) is 0 Å². The molecule has 0 bridgehead atoms. The Hall–Kier alpha value is -1.64. The molecule has 0 spiro atoms. The van der Waals surface area contributed by atoms with E-state index >= 15 is 0 Å². The summed E-state index contributed by atoms with van der Waals surface area (Å²) in [5.74, 6) is 0. The van der Waals surface area contributed by atoms with Crippen molar-refractivity contribution in [3.8, 4) is 0 Å². The largest absolute Gasteiger partial charge is 0.364 e. The Morgan fingerprint density at radius 1 is 0.941 bits per heavy atom. The summed E-state index contributed by atoms with van der Waals surface area (Å²) in [5, 5.41) is 18.2. The standard InChI is InChI=1S/C15H16O2/c1-11-5-7-12(8-6-11)9-13-3-2-4-14(10-13)15(16)17/h2-8,10,15-17H,9H2,1H3. The van der Waals surface area contributed by atoms with Crippen molar-refractivity contribution in [2.75, 3.05) is 0 Å². The van der Waals surface area contributed by atoms with Gasteiger partial charge < -0.3 is 10.2 Å². The molecule has 0 heterocycles. The van der Waals surface area contributed by atoms with Crippen molar-refractivity contribution in [1.82, 2.24) is 0 Å². The van der Waals surface area contributed by atoms with Gasteiger partial charge in [-0.2, -0.15) is 0 Å². The maximum absolute atomic E-state index is 9.11. The molecule has 0 saturated heterocycles. The average Bonchev–Trinajstić information content (AvgIpc) is 2.32. The van der Waals surface area contributed by atoms with E-state index in [1.807, 2.05) is 18.2 Å². The fraction of sp³-hybridized carbons (Fsp3) is 0.200. The minimum absolute atomic E-state index is 0.537. The number of rotatable bonds is 3. The third-order valence-electron chi connectivity index (χ3n) is 2.78. The van der Waals surface area contributed by atoms with Crippen LogP contribution in [0.1, 0.15) is 28.5 Å². The Balaban J connectivity index is 2.18. The Morgan fingerprint density at radius 3 is 2.29 bits per heavy atom. The van der Waals surface area contributed by atoms with Crippen LogP contribution in [0.2, 0.25) is 0 Å². The van der Waals surface area contributed by atoms with Gasteiger partial charge in [0.1, 0.15) is 0 Å². The molecule has 0 aromatic heterocycles. The molecule has 0 unspecified atom stereocenters. The quantitative estimate of drug-likeness (QED) is 0.793. The van der Waals surface area contributed by atoms with E-state index in [4.69, 9.17) is 10.2 Å². The highest BCUT2D eigenvalue weighted by Gasteiger charge is 2.03. The lowest BCUT2D eigenvalue weighted by Crippen LogP contribution is -1.96. The summed E-state index contributed by atoms with van der Waals surface area (Å²) >= 11 is 0. The van der Waals surface area contributed by atoms with Gasteiger partial charge >= 0.3 is 0 Å². The van der Waals surface area contributed by atoms with Gasteiger partial charge in [0.05, 0.1) is 0 Å². The molecule has 2 heteroatoms. The van der Waals surface area contributed by atoms with Gasteiger partial charge in [-0.05, 0) is 24.5 Å². The fourth-order valence-electron chi connectivity index (χ4n) is 1.81. The summed E-state index contributed by atoms with van der Waals surface area (Å²) in [6.45, 7) is 2.06. The summed E-state index contributed by atoms with van der Waals surface area (Å²) in [4.78, 5) is 0. The summed E-state index contributed by atoms with van der Waals surface area (Å²) in [7, 11) is 0. The van der Waals surface area contributed by atoms with Crippen LogP contribution >= 0.6 is 0 Å².